The minimum Gasteiger partial charge on any atom is -0.497 e. The van der Waals surface area contributed by atoms with Gasteiger partial charge in [-0.05, 0) is 29.8 Å². The van der Waals surface area contributed by atoms with E-state index in [1.165, 1.54) is 6.33 Å². The fourth-order valence-electron chi connectivity index (χ4n) is 2.27. The summed E-state index contributed by atoms with van der Waals surface area (Å²) in [5.74, 6) is 1.69. The van der Waals surface area contributed by atoms with Crippen LogP contribution in [0.25, 0.3) is 11.4 Å². The first-order valence-corrected chi connectivity index (χ1v) is 8.68. The van der Waals surface area contributed by atoms with Gasteiger partial charge in [0.2, 0.25) is 5.95 Å². The van der Waals surface area contributed by atoms with Gasteiger partial charge in [0.1, 0.15) is 12.1 Å². The highest BCUT2D eigenvalue weighted by Crippen LogP contribution is 2.22. The molecule has 0 saturated carbocycles. The molecule has 0 aliphatic rings. The van der Waals surface area contributed by atoms with E-state index in [0.717, 1.165) is 22.6 Å². The van der Waals surface area contributed by atoms with Crippen LogP contribution in [0, 0.1) is 0 Å². The van der Waals surface area contributed by atoms with Gasteiger partial charge in [0, 0.05) is 11.3 Å². The fraction of sp³-hybridized carbons (Fsp3) is 0.118. The monoisotopic (exact) mass is 356 g/mol. The molecule has 1 atom stereocenters. The summed E-state index contributed by atoms with van der Waals surface area (Å²) in [4.78, 5) is 12.7. The first-order chi connectivity index (χ1) is 12.1. The standard InChI is InChI=1S/C17H16N4O3S/c1-24-15-7-3-5-13(9-15)16-18-11-19-17(21-16)20-14-6-2-4-12(8-14)10-25(22)23/h2-9,11H,10H2,1H3,(H,22,23)(H,18,19,20,21). The predicted octanol–water partition coefficient (Wildman–Crippen LogP) is 3.01. The molecule has 2 aromatic carbocycles. The zero-order chi connectivity index (χ0) is 17.6. The van der Waals surface area contributed by atoms with Gasteiger partial charge in [-0.3, -0.25) is 0 Å². The maximum Gasteiger partial charge on any atom is 0.230 e. The Labute approximate surface area is 147 Å². The van der Waals surface area contributed by atoms with Crippen molar-refractivity contribution in [1.82, 2.24) is 15.0 Å². The lowest BCUT2D eigenvalue weighted by Crippen LogP contribution is -2.01. The minimum atomic E-state index is -1.88. The summed E-state index contributed by atoms with van der Waals surface area (Å²) in [7, 11) is 1.60. The van der Waals surface area contributed by atoms with Crippen molar-refractivity contribution >= 4 is 22.7 Å². The van der Waals surface area contributed by atoms with E-state index in [4.69, 9.17) is 9.29 Å². The molecule has 0 bridgehead atoms. The smallest absolute Gasteiger partial charge is 0.230 e. The average molecular weight is 356 g/mol. The summed E-state index contributed by atoms with van der Waals surface area (Å²) in [5.41, 5.74) is 2.29. The maximum absolute atomic E-state index is 10.9. The Kier molecular flexibility index (Phi) is 5.32. The number of methoxy groups -OCH3 is 1. The van der Waals surface area contributed by atoms with Gasteiger partial charge in [0.25, 0.3) is 0 Å². The molecule has 3 aromatic rings. The van der Waals surface area contributed by atoms with Crippen LogP contribution in [-0.2, 0) is 16.8 Å². The number of anilines is 2. The van der Waals surface area contributed by atoms with E-state index in [2.05, 4.69) is 20.3 Å². The number of aromatic nitrogens is 3. The van der Waals surface area contributed by atoms with Crippen LogP contribution in [0.3, 0.4) is 0 Å². The van der Waals surface area contributed by atoms with Gasteiger partial charge in [-0.15, -0.1) is 0 Å². The normalized spacial score (nSPS) is 11.8. The van der Waals surface area contributed by atoms with Crippen molar-refractivity contribution in [2.24, 2.45) is 0 Å². The molecule has 2 N–H and O–H groups in total. The van der Waals surface area contributed by atoms with Crippen LogP contribution < -0.4 is 10.1 Å². The van der Waals surface area contributed by atoms with Crippen LogP contribution >= 0.6 is 0 Å². The topological polar surface area (TPSA) is 97.2 Å². The van der Waals surface area contributed by atoms with E-state index in [1.54, 1.807) is 25.3 Å². The Balaban J connectivity index is 1.83. The molecule has 1 unspecified atom stereocenters. The molecule has 0 spiro atoms. The molecule has 0 saturated heterocycles. The highest BCUT2D eigenvalue weighted by molar-refractivity contribution is 7.78. The Hall–Kier alpha value is -2.84. The molecule has 1 heterocycles. The second kappa shape index (κ2) is 7.82. The summed E-state index contributed by atoms with van der Waals surface area (Å²) in [5, 5.41) is 3.08. The molecule has 8 heteroatoms. The van der Waals surface area contributed by atoms with Gasteiger partial charge in [-0.25, -0.2) is 14.2 Å². The summed E-state index contributed by atoms with van der Waals surface area (Å²) >= 11 is -1.88. The molecular formula is C17H16N4O3S. The number of rotatable bonds is 6. The average Bonchev–Trinajstić information content (AvgIpc) is 2.62. The molecule has 0 radical (unpaired) electrons. The highest BCUT2D eigenvalue weighted by Gasteiger charge is 2.06. The van der Waals surface area contributed by atoms with Crippen molar-refractivity contribution in [3.8, 4) is 17.1 Å². The summed E-state index contributed by atoms with van der Waals surface area (Å²) in [6.07, 6.45) is 1.43. The van der Waals surface area contributed by atoms with Crippen molar-refractivity contribution in [2.75, 3.05) is 12.4 Å². The minimum absolute atomic E-state index is 0.0712. The summed E-state index contributed by atoms with van der Waals surface area (Å²) < 4.78 is 25.2. The van der Waals surface area contributed by atoms with E-state index in [-0.39, 0.29) is 5.75 Å². The zero-order valence-electron chi connectivity index (χ0n) is 13.4. The number of hydrogen-bond donors (Lipinski definition) is 2. The number of nitrogens with zero attached hydrogens (tertiary/aromatic N) is 3. The lowest BCUT2D eigenvalue weighted by Gasteiger charge is -2.08. The van der Waals surface area contributed by atoms with E-state index >= 15 is 0 Å². The second-order valence-electron chi connectivity index (χ2n) is 5.16. The molecule has 0 amide bonds. The zero-order valence-corrected chi connectivity index (χ0v) is 14.2. The van der Waals surface area contributed by atoms with Crippen molar-refractivity contribution in [2.45, 2.75) is 5.75 Å². The molecule has 0 aliphatic carbocycles. The van der Waals surface area contributed by atoms with E-state index < -0.39 is 11.1 Å². The van der Waals surface area contributed by atoms with Crippen molar-refractivity contribution in [3.63, 3.8) is 0 Å². The lowest BCUT2D eigenvalue weighted by molar-refractivity contribution is 0.415. The van der Waals surface area contributed by atoms with Gasteiger partial charge >= 0.3 is 0 Å². The van der Waals surface area contributed by atoms with Crippen LogP contribution in [0.2, 0.25) is 0 Å². The third kappa shape index (κ3) is 4.59. The predicted molar refractivity (Wildman–Crippen MR) is 96.0 cm³/mol. The van der Waals surface area contributed by atoms with Gasteiger partial charge in [-0.1, -0.05) is 24.3 Å². The van der Waals surface area contributed by atoms with Crippen molar-refractivity contribution in [3.05, 3.63) is 60.4 Å². The SMILES string of the molecule is COc1cccc(-c2ncnc(Nc3cccc(CS(=O)O)c3)n2)c1. The number of nitrogens with one attached hydrogen (secondary N) is 1. The van der Waals surface area contributed by atoms with Gasteiger partial charge in [0.05, 0.1) is 12.9 Å². The summed E-state index contributed by atoms with van der Waals surface area (Å²) in [6, 6.07) is 14.6. The molecule has 0 aliphatic heterocycles. The van der Waals surface area contributed by atoms with E-state index in [0.29, 0.717) is 11.8 Å². The molecule has 0 fully saturated rings. The van der Waals surface area contributed by atoms with E-state index in [9.17, 15) is 4.21 Å². The van der Waals surface area contributed by atoms with Gasteiger partial charge in [-0.2, -0.15) is 4.98 Å². The molecule has 1 aromatic heterocycles. The van der Waals surface area contributed by atoms with Crippen LogP contribution in [0.5, 0.6) is 5.75 Å². The Morgan fingerprint density at radius 3 is 2.80 bits per heavy atom. The molecule has 3 rings (SSSR count). The van der Waals surface area contributed by atoms with Crippen LogP contribution in [-0.4, -0.2) is 30.8 Å². The summed E-state index contributed by atoms with van der Waals surface area (Å²) in [6.45, 7) is 0. The van der Waals surface area contributed by atoms with Gasteiger partial charge < -0.3 is 14.6 Å². The Morgan fingerprint density at radius 2 is 2.00 bits per heavy atom. The Morgan fingerprint density at radius 1 is 1.16 bits per heavy atom. The van der Waals surface area contributed by atoms with Gasteiger partial charge in [0.15, 0.2) is 16.9 Å². The third-order valence-corrected chi connectivity index (χ3v) is 3.95. The lowest BCUT2D eigenvalue weighted by atomic mass is 10.2. The van der Waals surface area contributed by atoms with Crippen LogP contribution in [0.15, 0.2) is 54.9 Å². The molecule has 128 valence electrons. The second-order valence-corrected chi connectivity index (χ2v) is 6.09. The number of hydrogen-bond acceptors (Lipinski definition) is 6. The molecule has 25 heavy (non-hydrogen) atoms. The Bertz CT molecular complexity index is 904. The fourth-order valence-corrected chi connectivity index (χ4v) is 2.73. The van der Waals surface area contributed by atoms with Crippen LogP contribution in [0.4, 0.5) is 11.6 Å². The molecule has 7 nitrogen and oxygen atoms in total. The first kappa shape index (κ1) is 17.0. The van der Waals surface area contributed by atoms with E-state index in [1.807, 2.05) is 30.3 Å². The third-order valence-electron chi connectivity index (χ3n) is 3.37. The largest absolute Gasteiger partial charge is 0.497 e. The quantitative estimate of drug-likeness (QED) is 0.655. The first-order valence-electron chi connectivity index (χ1n) is 7.41. The number of ether oxygens (including phenoxy) is 1. The molecular weight excluding hydrogens is 340 g/mol. The number of benzene rings is 2. The van der Waals surface area contributed by atoms with Crippen molar-refractivity contribution < 1.29 is 13.5 Å². The van der Waals surface area contributed by atoms with Crippen molar-refractivity contribution in [1.29, 1.82) is 0 Å². The van der Waals surface area contributed by atoms with Crippen LogP contribution in [0.1, 0.15) is 5.56 Å². The maximum atomic E-state index is 10.9. The highest BCUT2D eigenvalue weighted by atomic mass is 32.2.